The maximum absolute atomic E-state index is 2.71. The van der Waals surface area contributed by atoms with Crippen LogP contribution in [0.25, 0.3) is 83.1 Å². The molecule has 1 aromatic heterocycles. The highest BCUT2D eigenvalue weighted by atomic mass is 15.2. The molecule has 0 radical (unpaired) electrons. The van der Waals surface area contributed by atoms with E-state index < -0.39 is 0 Å². The van der Waals surface area contributed by atoms with Gasteiger partial charge < -0.3 is 14.4 Å². The molecule has 0 fully saturated rings. The zero-order valence-electron chi connectivity index (χ0n) is 48.1. The molecule has 12 aromatic carbocycles. The maximum Gasteiger partial charge on any atom is 0.252 e. The van der Waals surface area contributed by atoms with Crippen molar-refractivity contribution >= 4 is 79.0 Å². The first-order valence-corrected chi connectivity index (χ1v) is 29.9. The van der Waals surface area contributed by atoms with Gasteiger partial charge >= 0.3 is 0 Å². The molecule has 4 heteroatoms. The molecule has 0 aliphatic carbocycles. The minimum Gasteiger partial charge on any atom is -0.311 e. The van der Waals surface area contributed by atoms with Gasteiger partial charge in [-0.25, -0.2) is 0 Å². The number of anilines is 6. The molecule has 0 N–H and O–H groups in total. The topological polar surface area (TPSA) is 11.4 Å². The summed E-state index contributed by atoms with van der Waals surface area (Å²) < 4.78 is 2.49. The highest BCUT2D eigenvalue weighted by Gasteiger charge is 2.46. The first kappa shape index (κ1) is 51.0. The van der Waals surface area contributed by atoms with E-state index in [-0.39, 0.29) is 12.1 Å². The van der Waals surface area contributed by atoms with Crippen molar-refractivity contribution in [2.45, 2.75) is 52.4 Å². The second-order valence-corrected chi connectivity index (χ2v) is 23.9. The quantitative estimate of drug-likeness (QED) is 0.120. The van der Waals surface area contributed by atoms with Gasteiger partial charge in [-0.2, -0.15) is 0 Å². The van der Waals surface area contributed by atoms with Crippen molar-refractivity contribution in [1.82, 2.24) is 4.57 Å². The molecular weight excluding hydrogens is 1010 g/mol. The van der Waals surface area contributed by atoms with Crippen LogP contribution in [0.2, 0.25) is 0 Å². The van der Waals surface area contributed by atoms with E-state index in [0.29, 0.717) is 0 Å². The van der Waals surface area contributed by atoms with E-state index in [4.69, 9.17) is 0 Å². The number of aromatic nitrogens is 1. The van der Waals surface area contributed by atoms with Crippen LogP contribution in [0.4, 0.5) is 34.1 Å². The van der Waals surface area contributed by atoms with Gasteiger partial charge in [-0.05, 0) is 151 Å². The summed E-state index contributed by atoms with van der Waals surface area (Å²) in [5, 5.41) is 2.48. The summed E-state index contributed by atoms with van der Waals surface area (Å²) in [5.41, 5.74) is 28.7. The lowest BCUT2D eigenvalue weighted by Crippen LogP contribution is -2.61. The van der Waals surface area contributed by atoms with E-state index in [0.717, 1.165) is 58.6 Å². The molecule has 84 heavy (non-hydrogen) atoms. The number of hydrogen-bond acceptors (Lipinski definition) is 2. The van der Waals surface area contributed by atoms with Gasteiger partial charge in [0.2, 0.25) is 0 Å². The number of benzene rings is 12. The Balaban J connectivity index is 1.12. The fraction of sp³-hybridized carbons (Fsp3) is 0.100. The summed E-state index contributed by atoms with van der Waals surface area (Å²) in [4.78, 5) is 5.38. The SMILES string of the molecule is CCCCc1ccc(-c2ccccc2)cc1N1c2ccc(-c3ccccc3)cc2B2c3ccc(-n4c5ccccc5c5ccccc54)cc3N(c3c(-c4ccccc4)cc(-c4ccccc4)cc3-c3ccccc3)c3cc(C(C)(C)C)cc1c32. The van der Waals surface area contributed by atoms with Crippen LogP contribution in [0.15, 0.2) is 279 Å². The molecule has 13 aromatic rings. The van der Waals surface area contributed by atoms with Crippen molar-refractivity contribution in [3.63, 3.8) is 0 Å². The molecular formula is C80H64BN3. The van der Waals surface area contributed by atoms with Gasteiger partial charge in [-0.3, -0.25) is 0 Å². The Morgan fingerprint density at radius 1 is 0.357 bits per heavy atom. The van der Waals surface area contributed by atoms with E-state index in [2.05, 4.69) is 321 Å². The van der Waals surface area contributed by atoms with Crippen LogP contribution >= 0.6 is 0 Å². The Hall–Kier alpha value is -9.90. The monoisotopic (exact) mass is 1080 g/mol. The molecule has 2 aliphatic rings. The van der Waals surface area contributed by atoms with E-state index >= 15 is 0 Å². The normalized spacial score (nSPS) is 12.6. The summed E-state index contributed by atoms with van der Waals surface area (Å²) in [6.45, 7) is 9.32. The minimum atomic E-state index is -0.237. The molecule has 0 unspecified atom stereocenters. The summed E-state index contributed by atoms with van der Waals surface area (Å²) in [5.74, 6) is 0. The standard InChI is InChI=1S/C80H64BN3/c1-5-6-26-59-41-42-61(55-29-14-8-15-30-55)50-74(59)83-73-46-43-60(54-27-12-7-13-28-54)49-70(73)81-69-45-44-64(82-71-39-24-22-37-65(71)66-38-23-25-40-72(66)82)53-75(69)84(77-52-63(80(2,3)4)51-76(83)78(77)81)79-67(57-33-18-10-19-34-57)47-62(56-31-16-9-17-32-56)48-68(79)58-35-20-11-21-36-58/h7-25,27-53H,5-6,26H2,1-4H3. The zero-order chi connectivity index (χ0) is 56.5. The van der Waals surface area contributed by atoms with Gasteiger partial charge in [0, 0.05) is 56.0 Å². The zero-order valence-corrected chi connectivity index (χ0v) is 48.1. The average Bonchev–Trinajstić information content (AvgIpc) is 0.811. The lowest BCUT2D eigenvalue weighted by Gasteiger charge is -2.46. The number of fused-ring (bicyclic) bond motifs is 7. The predicted molar refractivity (Wildman–Crippen MR) is 359 cm³/mol. The molecule has 0 atom stereocenters. The number of hydrogen-bond donors (Lipinski definition) is 0. The van der Waals surface area contributed by atoms with Crippen LogP contribution in [0.3, 0.4) is 0 Å². The predicted octanol–water partition coefficient (Wildman–Crippen LogP) is 19.8. The first-order chi connectivity index (χ1) is 41.3. The molecule has 3 heterocycles. The number of aryl methyl sites for hydroxylation is 1. The second kappa shape index (κ2) is 20.8. The summed E-state index contributed by atoms with van der Waals surface area (Å²) in [6.07, 6.45) is 3.16. The van der Waals surface area contributed by atoms with Crippen molar-refractivity contribution in [3.8, 4) is 61.3 Å². The highest BCUT2D eigenvalue weighted by molar-refractivity contribution is 7.00. The molecule has 0 amide bonds. The Labute approximate surface area is 494 Å². The molecule has 3 nitrogen and oxygen atoms in total. The van der Waals surface area contributed by atoms with Crippen molar-refractivity contribution < 1.29 is 0 Å². The third-order valence-electron chi connectivity index (χ3n) is 17.7. The fourth-order valence-electron chi connectivity index (χ4n) is 13.6. The van der Waals surface area contributed by atoms with Gasteiger partial charge in [-0.15, -0.1) is 0 Å². The van der Waals surface area contributed by atoms with Gasteiger partial charge in [0.15, 0.2) is 0 Å². The van der Waals surface area contributed by atoms with E-state index in [9.17, 15) is 0 Å². The van der Waals surface area contributed by atoms with E-state index in [1.165, 1.54) is 105 Å². The van der Waals surface area contributed by atoms with Crippen LogP contribution in [0.1, 0.15) is 51.7 Å². The summed E-state index contributed by atoms with van der Waals surface area (Å²) >= 11 is 0. The number of unbranched alkanes of at least 4 members (excludes halogenated alkanes) is 1. The van der Waals surface area contributed by atoms with Crippen LogP contribution < -0.4 is 26.2 Å². The Morgan fingerprint density at radius 3 is 1.39 bits per heavy atom. The van der Waals surface area contributed by atoms with Gasteiger partial charge in [0.1, 0.15) is 0 Å². The third-order valence-corrected chi connectivity index (χ3v) is 17.7. The van der Waals surface area contributed by atoms with Crippen molar-refractivity contribution in [2.75, 3.05) is 9.80 Å². The van der Waals surface area contributed by atoms with Gasteiger partial charge in [-0.1, -0.05) is 253 Å². The van der Waals surface area contributed by atoms with Crippen LogP contribution in [-0.4, -0.2) is 11.3 Å². The van der Waals surface area contributed by atoms with Gasteiger partial charge in [0.05, 0.1) is 16.7 Å². The fourth-order valence-corrected chi connectivity index (χ4v) is 13.6. The highest BCUT2D eigenvalue weighted by Crippen LogP contribution is 2.53. The number of rotatable bonds is 11. The Morgan fingerprint density at radius 2 is 0.845 bits per heavy atom. The molecule has 0 bridgehead atoms. The molecule has 2 aliphatic heterocycles. The molecule has 0 saturated heterocycles. The number of nitrogens with zero attached hydrogens (tertiary/aromatic N) is 3. The van der Waals surface area contributed by atoms with Crippen molar-refractivity contribution in [2.24, 2.45) is 0 Å². The third kappa shape index (κ3) is 8.67. The summed E-state index contributed by atoms with van der Waals surface area (Å²) in [7, 11) is 0. The smallest absolute Gasteiger partial charge is 0.252 e. The van der Waals surface area contributed by atoms with Crippen LogP contribution in [-0.2, 0) is 11.8 Å². The van der Waals surface area contributed by atoms with Crippen molar-refractivity contribution in [3.05, 3.63) is 290 Å². The molecule has 0 spiro atoms. The first-order valence-electron chi connectivity index (χ1n) is 29.9. The molecule has 402 valence electrons. The summed E-state index contributed by atoms with van der Waals surface area (Å²) in [6, 6.07) is 105. The van der Waals surface area contributed by atoms with Crippen LogP contribution in [0, 0.1) is 0 Å². The lowest BCUT2D eigenvalue weighted by molar-refractivity contribution is 0.590. The Bertz CT molecular complexity index is 4500. The largest absolute Gasteiger partial charge is 0.311 e. The van der Waals surface area contributed by atoms with Crippen LogP contribution in [0.5, 0.6) is 0 Å². The Kier molecular flexibility index (Phi) is 12.6. The number of para-hydroxylation sites is 2. The average molecular weight is 1080 g/mol. The van der Waals surface area contributed by atoms with Crippen molar-refractivity contribution in [1.29, 1.82) is 0 Å². The van der Waals surface area contributed by atoms with Gasteiger partial charge in [0.25, 0.3) is 6.71 Å². The second-order valence-electron chi connectivity index (χ2n) is 23.9. The lowest BCUT2D eigenvalue weighted by atomic mass is 9.33. The molecule has 15 rings (SSSR count). The van der Waals surface area contributed by atoms with E-state index in [1.807, 2.05) is 0 Å². The maximum atomic E-state index is 2.71. The van der Waals surface area contributed by atoms with E-state index in [1.54, 1.807) is 0 Å². The minimum absolute atomic E-state index is 0.141. The molecule has 0 saturated carbocycles.